The lowest BCUT2D eigenvalue weighted by molar-refractivity contribution is -0.121. The fourth-order valence-corrected chi connectivity index (χ4v) is 4.39. The van der Waals surface area contributed by atoms with E-state index < -0.39 is 5.60 Å². The molecule has 0 radical (unpaired) electrons. The van der Waals surface area contributed by atoms with Gasteiger partial charge in [-0.15, -0.1) is 0 Å². The molecule has 22 heavy (non-hydrogen) atoms. The Hall–Kier alpha value is -1.13. The predicted octanol–water partition coefficient (Wildman–Crippen LogP) is 2.95. The van der Waals surface area contributed by atoms with Crippen molar-refractivity contribution in [2.45, 2.75) is 38.7 Å². The average molecular weight is 307 g/mol. The Balaban J connectivity index is 2.09. The third-order valence-electron chi connectivity index (χ3n) is 5.78. The maximum atomic E-state index is 14.5. The van der Waals surface area contributed by atoms with Crippen LogP contribution in [-0.2, 0) is 12.0 Å². The maximum Gasteiger partial charge on any atom is 0.130 e. The summed E-state index contributed by atoms with van der Waals surface area (Å²) in [7, 11) is 3.65. The second-order valence-electron chi connectivity index (χ2n) is 7.54. The molecule has 1 aromatic carbocycles. The number of hydrogen-bond acceptors (Lipinski definition) is 3. The Labute approximate surface area is 132 Å². The molecule has 1 fully saturated rings. The van der Waals surface area contributed by atoms with E-state index in [0.717, 1.165) is 31.5 Å². The zero-order valence-electron chi connectivity index (χ0n) is 13.9. The number of ether oxygens (including phenoxy) is 1. The summed E-state index contributed by atoms with van der Waals surface area (Å²) in [6.07, 6.45) is 2.45. The molecule has 122 valence electrons. The molecule has 1 N–H and O–H groups in total. The molecule has 1 aliphatic heterocycles. The number of nitrogens with zero attached hydrogens (tertiary/aromatic N) is 1. The van der Waals surface area contributed by atoms with Crippen molar-refractivity contribution in [3.05, 3.63) is 29.1 Å². The second kappa shape index (κ2) is 5.20. The summed E-state index contributed by atoms with van der Waals surface area (Å²) in [5, 5.41) is 11.7. The van der Waals surface area contributed by atoms with Gasteiger partial charge in [0.1, 0.15) is 11.6 Å². The Bertz CT molecular complexity index is 579. The smallest absolute Gasteiger partial charge is 0.130 e. The number of aliphatic hydroxyl groups is 1. The molecule has 1 aromatic rings. The van der Waals surface area contributed by atoms with Gasteiger partial charge >= 0.3 is 0 Å². The SMILES string of the molecule is COc1cc(F)c2c(c1)C(O)(C1CCN(C)CC1)C(C)(C)C2. The highest BCUT2D eigenvalue weighted by Crippen LogP contribution is 2.57. The van der Waals surface area contributed by atoms with Gasteiger partial charge in [0.05, 0.1) is 12.7 Å². The van der Waals surface area contributed by atoms with Gasteiger partial charge < -0.3 is 14.7 Å². The van der Waals surface area contributed by atoms with Crippen LogP contribution in [0, 0.1) is 17.2 Å². The lowest BCUT2D eigenvalue weighted by Gasteiger charge is -2.46. The maximum absolute atomic E-state index is 14.5. The van der Waals surface area contributed by atoms with E-state index in [4.69, 9.17) is 4.74 Å². The van der Waals surface area contributed by atoms with E-state index in [1.807, 2.05) is 6.07 Å². The monoisotopic (exact) mass is 307 g/mol. The van der Waals surface area contributed by atoms with Gasteiger partial charge in [0.15, 0.2) is 0 Å². The number of halogens is 1. The van der Waals surface area contributed by atoms with E-state index >= 15 is 0 Å². The summed E-state index contributed by atoms with van der Waals surface area (Å²) in [5.74, 6) is 0.387. The van der Waals surface area contributed by atoms with Gasteiger partial charge in [-0.05, 0) is 62.5 Å². The first-order valence-corrected chi connectivity index (χ1v) is 8.07. The molecule has 3 rings (SSSR count). The lowest BCUT2D eigenvalue weighted by Crippen LogP contribution is -2.49. The molecular formula is C18H26FNO2. The predicted molar refractivity (Wildman–Crippen MR) is 84.6 cm³/mol. The van der Waals surface area contributed by atoms with E-state index in [0.29, 0.717) is 17.7 Å². The number of likely N-dealkylation sites (tertiary alicyclic amines) is 1. The van der Waals surface area contributed by atoms with Gasteiger partial charge in [0.25, 0.3) is 0 Å². The van der Waals surface area contributed by atoms with Crippen LogP contribution >= 0.6 is 0 Å². The minimum absolute atomic E-state index is 0.159. The van der Waals surface area contributed by atoms with E-state index in [1.165, 1.54) is 13.2 Å². The minimum Gasteiger partial charge on any atom is -0.497 e. The van der Waals surface area contributed by atoms with Crippen LogP contribution in [0.2, 0.25) is 0 Å². The van der Waals surface area contributed by atoms with Crippen molar-refractivity contribution in [1.29, 1.82) is 0 Å². The molecule has 4 heteroatoms. The van der Waals surface area contributed by atoms with Gasteiger partial charge in [-0.25, -0.2) is 4.39 Å². The van der Waals surface area contributed by atoms with Gasteiger partial charge in [-0.1, -0.05) is 13.8 Å². The van der Waals surface area contributed by atoms with Crippen LogP contribution in [0.4, 0.5) is 4.39 Å². The van der Waals surface area contributed by atoms with Crippen molar-refractivity contribution in [2.24, 2.45) is 11.3 Å². The van der Waals surface area contributed by atoms with Crippen LogP contribution in [0.3, 0.4) is 0 Å². The average Bonchev–Trinajstić information content (AvgIpc) is 2.69. The third kappa shape index (κ3) is 2.16. The first kappa shape index (κ1) is 15.8. The number of benzene rings is 1. The molecule has 1 saturated heterocycles. The topological polar surface area (TPSA) is 32.7 Å². The van der Waals surface area contributed by atoms with Gasteiger partial charge in [0, 0.05) is 11.5 Å². The molecule has 0 amide bonds. The van der Waals surface area contributed by atoms with Crippen LogP contribution in [0.25, 0.3) is 0 Å². The molecule has 0 saturated carbocycles. The molecule has 1 aliphatic carbocycles. The summed E-state index contributed by atoms with van der Waals surface area (Å²) in [5.41, 5.74) is 0.0402. The van der Waals surface area contributed by atoms with Crippen LogP contribution < -0.4 is 4.74 Å². The molecule has 3 nitrogen and oxygen atoms in total. The van der Waals surface area contributed by atoms with E-state index in [9.17, 15) is 9.50 Å². The van der Waals surface area contributed by atoms with Crippen molar-refractivity contribution < 1.29 is 14.2 Å². The third-order valence-corrected chi connectivity index (χ3v) is 5.78. The zero-order valence-corrected chi connectivity index (χ0v) is 13.9. The Morgan fingerprint density at radius 3 is 2.50 bits per heavy atom. The van der Waals surface area contributed by atoms with Gasteiger partial charge in [0.2, 0.25) is 0 Å². The Morgan fingerprint density at radius 2 is 1.91 bits per heavy atom. The molecule has 0 bridgehead atoms. The summed E-state index contributed by atoms with van der Waals surface area (Å²) in [6, 6.07) is 3.26. The lowest BCUT2D eigenvalue weighted by atomic mass is 9.65. The normalized spacial score (nSPS) is 28.6. The van der Waals surface area contributed by atoms with Crippen molar-refractivity contribution >= 4 is 0 Å². The number of hydrogen-bond donors (Lipinski definition) is 1. The quantitative estimate of drug-likeness (QED) is 0.912. The number of fused-ring (bicyclic) bond motifs is 1. The fraction of sp³-hybridized carbons (Fsp3) is 0.667. The first-order chi connectivity index (χ1) is 10.3. The van der Waals surface area contributed by atoms with Crippen molar-refractivity contribution in [2.75, 3.05) is 27.2 Å². The Morgan fingerprint density at radius 1 is 1.27 bits per heavy atom. The highest BCUT2D eigenvalue weighted by molar-refractivity contribution is 5.47. The minimum atomic E-state index is -0.987. The van der Waals surface area contributed by atoms with E-state index in [2.05, 4.69) is 25.8 Å². The molecule has 1 heterocycles. The molecule has 0 spiro atoms. The molecule has 0 aromatic heterocycles. The van der Waals surface area contributed by atoms with Crippen molar-refractivity contribution in [3.8, 4) is 5.75 Å². The van der Waals surface area contributed by atoms with Gasteiger partial charge in [-0.2, -0.15) is 0 Å². The summed E-state index contributed by atoms with van der Waals surface area (Å²) in [4.78, 5) is 2.29. The van der Waals surface area contributed by atoms with E-state index in [1.54, 1.807) is 0 Å². The number of methoxy groups -OCH3 is 1. The van der Waals surface area contributed by atoms with Crippen molar-refractivity contribution in [1.82, 2.24) is 4.90 Å². The van der Waals surface area contributed by atoms with Crippen LogP contribution in [0.1, 0.15) is 37.8 Å². The van der Waals surface area contributed by atoms with Crippen LogP contribution in [0.5, 0.6) is 5.75 Å². The molecule has 1 unspecified atom stereocenters. The molecular weight excluding hydrogens is 281 g/mol. The second-order valence-corrected chi connectivity index (χ2v) is 7.54. The fourth-order valence-electron chi connectivity index (χ4n) is 4.39. The highest BCUT2D eigenvalue weighted by Gasteiger charge is 2.56. The number of piperidine rings is 1. The van der Waals surface area contributed by atoms with Gasteiger partial charge in [-0.3, -0.25) is 0 Å². The highest BCUT2D eigenvalue weighted by atomic mass is 19.1. The molecule has 1 atom stereocenters. The zero-order chi connectivity index (χ0) is 16.1. The largest absolute Gasteiger partial charge is 0.497 e. The van der Waals surface area contributed by atoms with E-state index in [-0.39, 0.29) is 17.2 Å². The van der Waals surface area contributed by atoms with Crippen molar-refractivity contribution in [3.63, 3.8) is 0 Å². The summed E-state index contributed by atoms with van der Waals surface area (Å²) >= 11 is 0. The first-order valence-electron chi connectivity index (χ1n) is 8.07. The standard InChI is InChI=1S/C18H26FNO2/c1-17(2)11-14-15(9-13(22-4)10-16(14)19)18(17,21)12-5-7-20(3)8-6-12/h9-10,12,21H,5-8,11H2,1-4H3. The Kier molecular flexibility index (Phi) is 3.73. The number of rotatable bonds is 2. The van der Waals surface area contributed by atoms with Crippen LogP contribution in [-0.4, -0.2) is 37.3 Å². The molecule has 2 aliphatic rings. The summed E-state index contributed by atoms with van der Waals surface area (Å²) < 4.78 is 19.7. The summed E-state index contributed by atoms with van der Waals surface area (Å²) in [6.45, 7) is 6.06. The van der Waals surface area contributed by atoms with Crippen LogP contribution in [0.15, 0.2) is 12.1 Å².